The molecule has 5 aromatic rings. The highest BCUT2D eigenvalue weighted by atomic mass is 28.3. The smallest absolute Gasteiger partial charge is 0.255 e. The summed E-state index contributed by atoms with van der Waals surface area (Å²) in [6, 6.07) is 34.2. The number of benzene rings is 3. The Morgan fingerprint density at radius 3 is 1.69 bits per heavy atom. The van der Waals surface area contributed by atoms with Gasteiger partial charge in [0.05, 0.1) is 11.4 Å². The number of aromatic nitrogens is 2. The molecule has 48 heavy (non-hydrogen) atoms. The average molecular weight is 653 g/mol. The van der Waals surface area contributed by atoms with Crippen molar-refractivity contribution in [1.29, 1.82) is 0 Å². The molecule has 244 valence electrons. The van der Waals surface area contributed by atoms with Crippen molar-refractivity contribution in [2.24, 2.45) is 0 Å². The van der Waals surface area contributed by atoms with E-state index in [-0.39, 0.29) is 5.91 Å². The van der Waals surface area contributed by atoms with E-state index >= 15 is 0 Å². The molecular weight excluding hydrogens is 609 g/mol. The second-order valence-corrected chi connectivity index (χ2v) is 18.3. The molecule has 1 spiro atoms. The van der Waals surface area contributed by atoms with Gasteiger partial charge in [0.15, 0.2) is 0 Å². The highest BCUT2D eigenvalue weighted by molar-refractivity contribution is 7.01. The number of rotatable bonds is 9. The summed E-state index contributed by atoms with van der Waals surface area (Å²) in [5.74, 6) is 0.0767. The summed E-state index contributed by atoms with van der Waals surface area (Å²) in [6.45, 7) is 7.44. The van der Waals surface area contributed by atoms with E-state index in [2.05, 4.69) is 132 Å². The Balaban J connectivity index is 1.41. The summed E-state index contributed by atoms with van der Waals surface area (Å²) >= 11 is 0. The van der Waals surface area contributed by atoms with E-state index in [9.17, 15) is 4.79 Å². The van der Waals surface area contributed by atoms with Crippen LogP contribution in [-0.2, 0) is 18.6 Å². The largest absolute Gasteiger partial charge is 0.378 e. The first-order valence-electron chi connectivity index (χ1n) is 16.7. The third kappa shape index (κ3) is 5.20. The van der Waals surface area contributed by atoms with Crippen LogP contribution < -0.4 is 20.2 Å². The van der Waals surface area contributed by atoms with Crippen molar-refractivity contribution >= 4 is 35.7 Å². The van der Waals surface area contributed by atoms with Crippen molar-refractivity contribution in [3.63, 3.8) is 0 Å². The number of hydrogen-bond donors (Lipinski definition) is 0. The van der Waals surface area contributed by atoms with Gasteiger partial charge in [0, 0.05) is 83.7 Å². The van der Waals surface area contributed by atoms with Crippen molar-refractivity contribution in [1.82, 2.24) is 19.8 Å². The van der Waals surface area contributed by atoms with Crippen molar-refractivity contribution in [3.8, 4) is 0 Å². The number of carbonyl (C=O) groups excluding carboxylic acids is 1. The molecule has 7 rings (SSSR count). The van der Waals surface area contributed by atoms with E-state index in [0.717, 1.165) is 22.5 Å². The van der Waals surface area contributed by atoms with E-state index in [1.54, 1.807) is 0 Å². The SMILES string of the molecule is CN(C)c1ccc2c(c1)[Si](C)(C)c1cc(N(C)C)ccc1C21c2ccccc2C(=O)N1CCN(Cc1ccccn1)Cc1ccccn1. The normalized spacial score (nSPS) is 15.3. The molecule has 7 nitrogen and oxygen atoms in total. The summed E-state index contributed by atoms with van der Waals surface area (Å²) in [7, 11) is 6.19. The van der Waals surface area contributed by atoms with Crippen LogP contribution in [0, 0.1) is 0 Å². The highest BCUT2D eigenvalue weighted by Gasteiger charge is 2.58. The predicted octanol–water partition coefficient (Wildman–Crippen LogP) is 5.19. The van der Waals surface area contributed by atoms with Crippen LogP contribution in [0.25, 0.3) is 0 Å². The number of fused-ring (bicyclic) bond motifs is 6. The van der Waals surface area contributed by atoms with Gasteiger partial charge in [0.25, 0.3) is 5.91 Å². The van der Waals surface area contributed by atoms with Crippen LogP contribution >= 0.6 is 0 Å². The summed E-state index contributed by atoms with van der Waals surface area (Å²) in [6.07, 6.45) is 3.69. The molecule has 2 aromatic heterocycles. The number of hydrogen-bond acceptors (Lipinski definition) is 6. The lowest BCUT2D eigenvalue weighted by Crippen LogP contribution is -2.66. The quantitative estimate of drug-likeness (QED) is 0.204. The van der Waals surface area contributed by atoms with Gasteiger partial charge in [-0.2, -0.15) is 0 Å². The van der Waals surface area contributed by atoms with E-state index in [0.29, 0.717) is 26.2 Å². The van der Waals surface area contributed by atoms with Crippen LogP contribution in [0.4, 0.5) is 11.4 Å². The van der Waals surface area contributed by atoms with Gasteiger partial charge in [-0.3, -0.25) is 19.7 Å². The molecule has 0 bridgehead atoms. The summed E-state index contributed by atoms with van der Waals surface area (Å²) in [4.78, 5) is 33.0. The molecule has 8 heteroatoms. The monoisotopic (exact) mass is 652 g/mol. The summed E-state index contributed by atoms with van der Waals surface area (Å²) in [5, 5.41) is 2.76. The highest BCUT2D eigenvalue weighted by Crippen LogP contribution is 2.51. The molecule has 0 unspecified atom stereocenters. The summed E-state index contributed by atoms with van der Waals surface area (Å²) in [5.41, 5.74) is 7.90. The molecule has 2 aliphatic heterocycles. The lowest BCUT2D eigenvalue weighted by atomic mass is 9.76. The first-order chi connectivity index (χ1) is 23.1. The van der Waals surface area contributed by atoms with Crippen LogP contribution in [0.3, 0.4) is 0 Å². The minimum absolute atomic E-state index is 0.0767. The molecule has 0 radical (unpaired) electrons. The number of carbonyl (C=O) groups is 1. The van der Waals surface area contributed by atoms with Crippen LogP contribution in [-0.4, -0.2) is 75.0 Å². The minimum Gasteiger partial charge on any atom is -0.378 e. The fourth-order valence-corrected chi connectivity index (χ4v) is 10.9. The minimum atomic E-state index is -2.22. The molecule has 0 saturated carbocycles. The number of nitrogens with zero attached hydrogens (tertiary/aromatic N) is 6. The second kappa shape index (κ2) is 12.3. The van der Waals surface area contributed by atoms with Crippen LogP contribution in [0.15, 0.2) is 109 Å². The predicted molar refractivity (Wildman–Crippen MR) is 198 cm³/mol. The van der Waals surface area contributed by atoms with Gasteiger partial charge in [-0.05, 0) is 81.7 Å². The first-order valence-corrected chi connectivity index (χ1v) is 19.7. The van der Waals surface area contributed by atoms with Gasteiger partial charge in [-0.25, -0.2) is 0 Å². The van der Waals surface area contributed by atoms with Crippen molar-refractivity contribution in [3.05, 3.63) is 143 Å². The zero-order chi connectivity index (χ0) is 33.6. The molecule has 0 atom stereocenters. The van der Waals surface area contributed by atoms with Gasteiger partial charge in [-0.15, -0.1) is 0 Å². The van der Waals surface area contributed by atoms with Crippen LogP contribution in [0.5, 0.6) is 0 Å². The average Bonchev–Trinajstić information content (AvgIpc) is 3.34. The zero-order valence-electron chi connectivity index (χ0n) is 28.8. The maximum atomic E-state index is 14.8. The van der Waals surface area contributed by atoms with Crippen molar-refractivity contribution in [2.45, 2.75) is 31.7 Å². The third-order valence-electron chi connectivity index (χ3n) is 10.2. The van der Waals surface area contributed by atoms with Gasteiger partial charge < -0.3 is 14.7 Å². The molecule has 4 heterocycles. The number of amides is 1. The maximum Gasteiger partial charge on any atom is 0.255 e. The van der Waals surface area contributed by atoms with E-state index < -0.39 is 13.6 Å². The maximum absolute atomic E-state index is 14.8. The third-order valence-corrected chi connectivity index (χ3v) is 13.7. The molecule has 1 amide bonds. The summed E-state index contributed by atoms with van der Waals surface area (Å²) < 4.78 is 0. The van der Waals surface area contributed by atoms with Crippen LogP contribution in [0.2, 0.25) is 13.1 Å². The molecule has 2 aliphatic rings. The Bertz CT molecular complexity index is 1860. The molecule has 0 N–H and O–H groups in total. The zero-order valence-corrected chi connectivity index (χ0v) is 29.8. The van der Waals surface area contributed by atoms with Crippen molar-refractivity contribution in [2.75, 3.05) is 51.1 Å². The number of pyridine rings is 2. The van der Waals surface area contributed by atoms with Gasteiger partial charge >= 0.3 is 0 Å². The Hall–Kier alpha value is -4.79. The van der Waals surface area contributed by atoms with E-state index in [4.69, 9.17) is 0 Å². The molecule has 0 aliphatic carbocycles. The van der Waals surface area contributed by atoms with Crippen molar-refractivity contribution < 1.29 is 4.79 Å². The standard InChI is InChI=1S/C40H44N6OSi/c1-43(2)31-17-19-35-37(25-31)48(5,6)38-26-32(44(3)4)18-20-36(38)40(35)34-16-8-7-15-33(34)39(47)46(40)24-23-45(27-29-13-9-11-21-41-29)28-30-14-10-12-22-42-30/h7-22,25-26H,23-24,27-28H2,1-6H3. The Labute approximate surface area is 285 Å². The fourth-order valence-electron chi connectivity index (χ4n) is 7.75. The molecule has 0 fully saturated rings. The topological polar surface area (TPSA) is 55.8 Å². The molecule has 0 saturated heterocycles. The number of anilines is 2. The van der Waals surface area contributed by atoms with Gasteiger partial charge in [0.2, 0.25) is 0 Å². The fraction of sp³-hybridized carbons (Fsp3) is 0.275. The van der Waals surface area contributed by atoms with Gasteiger partial charge in [0.1, 0.15) is 13.6 Å². The first kappa shape index (κ1) is 31.8. The van der Waals surface area contributed by atoms with E-state index in [1.165, 1.54) is 32.9 Å². The van der Waals surface area contributed by atoms with Gasteiger partial charge in [-0.1, -0.05) is 55.6 Å². The van der Waals surface area contributed by atoms with E-state index in [1.807, 2.05) is 48.8 Å². The Morgan fingerprint density at radius 1 is 0.667 bits per heavy atom. The Kier molecular flexibility index (Phi) is 8.17. The molecule has 3 aromatic carbocycles. The second-order valence-electron chi connectivity index (χ2n) is 13.9. The molecular formula is C40H44N6OSi. The lowest BCUT2D eigenvalue weighted by molar-refractivity contribution is 0.0641. The lowest BCUT2D eigenvalue weighted by Gasteiger charge is -2.50. The van der Waals surface area contributed by atoms with Crippen LogP contribution in [0.1, 0.15) is 38.4 Å². The Morgan fingerprint density at radius 2 is 1.19 bits per heavy atom.